The van der Waals surface area contributed by atoms with Gasteiger partial charge in [0.25, 0.3) is 5.91 Å². The van der Waals surface area contributed by atoms with E-state index in [1.165, 1.54) is 0 Å². The van der Waals surface area contributed by atoms with E-state index in [0.29, 0.717) is 12.5 Å². The second kappa shape index (κ2) is 7.56. The Hall–Kier alpha value is -1.88. The number of carbonyl (C=O) groups is 2. The second-order valence-electron chi connectivity index (χ2n) is 7.28. The van der Waals surface area contributed by atoms with Crippen LogP contribution in [0.2, 0.25) is 0 Å². The van der Waals surface area contributed by atoms with Crippen molar-refractivity contribution in [3.63, 3.8) is 0 Å². The molecule has 0 spiro atoms. The van der Waals surface area contributed by atoms with Gasteiger partial charge in [0.05, 0.1) is 0 Å². The summed E-state index contributed by atoms with van der Waals surface area (Å²) in [6, 6.07) is 6.19. The second-order valence-corrected chi connectivity index (χ2v) is 7.28. The van der Waals surface area contributed by atoms with Crippen molar-refractivity contribution in [3.05, 3.63) is 34.9 Å². The van der Waals surface area contributed by atoms with Crippen molar-refractivity contribution >= 4 is 11.8 Å². The Balaban J connectivity index is 1.75. The SMILES string of the molecule is COCC(=O)N1CC[C@H]2[C@H](CCCN2C(=O)c2cccc(C)c2C)C1. The molecule has 2 aliphatic heterocycles. The molecule has 2 amide bonds. The molecule has 2 aliphatic rings. The van der Waals surface area contributed by atoms with Crippen molar-refractivity contribution in [2.24, 2.45) is 5.92 Å². The molecule has 0 aromatic heterocycles. The summed E-state index contributed by atoms with van der Waals surface area (Å²) in [5, 5.41) is 0. The molecule has 5 nitrogen and oxygen atoms in total. The number of hydrogen-bond acceptors (Lipinski definition) is 3. The number of methoxy groups -OCH3 is 1. The van der Waals surface area contributed by atoms with Crippen LogP contribution in [0.15, 0.2) is 18.2 Å². The fraction of sp³-hybridized carbons (Fsp3) is 0.600. The van der Waals surface area contributed by atoms with E-state index in [2.05, 4.69) is 4.90 Å². The van der Waals surface area contributed by atoms with Crippen molar-refractivity contribution in [3.8, 4) is 0 Å². The van der Waals surface area contributed by atoms with Gasteiger partial charge in [0.2, 0.25) is 5.91 Å². The molecule has 2 fully saturated rings. The number of piperidine rings is 2. The first-order chi connectivity index (χ1) is 12.0. The van der Waals surface area contributed by atoms with E-state index in [0.717, 1.165) is 49.0 Å². The maximum absolute atomic E-state index is 13.2. The molecule has 0 unspecified atom stereocenters. The lowest BCUT2D eigenvalue weighted by atomic mass is 9.83. The van der Waals surface area contributed by atoms with E-state index in [9.17, 15) is 9.59 Å². The van der Waals surface area contributed by atoms with E-state index in [-0.39, 0.29) is 24.5 Å². The summed E-state index contributed by atoms with van der Waals surface area (Å²) in [6.45, 7) is 6.48. The Morgan fingerprint density at radius 2 is 2.00 bits per heavy atom. The zero-order valence-electron chi connectivity index (χ0n) is 15.5. The fourth-order valence-electron chi connectivity index (χ4n) is 4.23. The molecule has 0 radical (unpaired) electrons. The maximum atomic E-state index is 13.2. The molecule has 3 rings (SSSR count). The van der Waals surface area contributed by atoms with Crippen LogP contribution >= 0.6 is 0 Å². The zero-order chi connectivity index (χ0) is 18.0. The van der Waals surface area contributed by atoms with Gasteiger partial charge in [0.15, 0.2) is 0 Å². The van der Waals surface area contributed by atoms with Gasteiger partial charge in [-0.15, -0.1) is 0 Å². The van der Waals surface area contributed by atoms with Crippen molar-refractivity contribution in [2.45, 2.75) is 39.2 Å². The highest BCUT2D eigenvalue weighted by molar-refractivity contribution is 5.96. The van der Waals surface area contributed by atoms with Gasteiger partial charge in [-0.1, -0.05) is 12.1 Å². The van der Waals surface area contributed by atoms with E-state index in [4.69, 9.17) is 4.74 Å². The minimum Gasteiger partial charge on any atom is -0.375 e. The van der Waals surface area contributed by atoms with Gasteiger partial charge < -0.3 is 14.5 Å². The lowest BCUT2D eigenvalue weighted by Gasteiger charge is -2.47. The molecule has 0 bridgehead atoms. The number of fused-ring (bicyclic) bond motifs is 1. The Morgan fingerprint density at radius 1 is 1.20 bits per heavy atom. The molecule has 5 heteroatoms. The smallest absolute Gasteiger partial charge is 0.254 e. The van der Waals surface area contributed by atoms with Gasteiger partial charge >= 0.3 is 0 Å². The Bertz CT molecular complexity index is 658. The summed E-state index contributed by atoms with van der Waals surface area (Å²) in [7, 11) is 1.55. The first-order valence-corrected chi connectivity index (χ1v) is 9.16. The molecule has 0 N–H and O–H groups in total. The number of aryl methyl sites for hydroxylation is 1. The number of ether oxygens (including phenoxy) is 1. The molecule has 136 valence electrons. The number of benzene rings is 1. The van der Waals surface area contributed by atoms with Gasteiger partial charge in [-0.25, -0.2) is 0 Å². The molecule has 25 heavy (non-hydrogen) atoms. The van der Waals surface area contributed by atoms with Crippen LogP contribution in [0, 0.1) is 19.8 Å². The normalized spacial score (nSPS) is 23.3. The predicted octanol–water partition coefficient (Wildman–Crippen LogP) is 2.40. The van der Waals surface area contributed by atoms with E-state index in [1.54, 1.807) is 7.11 Å². The van der Waals surface area contributed by atoms with E-state index < -0.39 is 0 Å². The highest BCUT2D eigenvalue weighted by Crippen LogP contribution is 2.32. The van der Waals surface area contributed by atoms with Gasteiger partial charge in [-0.3, -0.25) is 9.59 Å². The first kappa shape index (κ1) is 17.9. The Labute approximate surface area is 149 Å². The minimum atomic E-state index is 0.0546. The van der Waals surface area contributed by atoms with Crippen LogP contribution in [0.5, 0.6) is 0 Å². The van der Waals surface area contributed by atoms with Crippen molar-refractivity contribution in [1.29, 1.82) is 0 Å². The van der Waals surface area contributed by atoms with Crippen LogP contribution in [-0.2, 0) is 9.53 Å². The van der Waals surface area contributed by atoms with Crippen LogP contribution in [-0.4, -0.2) is 61.0 Å². The van der Waals surface area contributed by atoms with Crippen molar-refractivity contribution in [1.82, 2.24) is 9.80 Å². The summed E-state index contributed by atoms with van der Waals surface area (Å²) in [4.78, 5) is 29.2. The maximum Gasteiger partial charge on any atom is 0.254 e. The summed E-state index contributed by atoms with van der Waals surface area (Å²) >= 11 is 0. The van der Waals surface area contributed by atoms with Gasteiger partial charge in [0, 0.05) is 38.3 Å². The van der Waals surface area contributed by atoms with Crippen molar-refractivity contribution in [2.75, 3.05) is 33.4 Å². The summed E-state index contributed by atoms with van der Waals surface area (Å²) in [5.41, 5.74) is 3.04. The highest BCUT2D eigenvalue weighted by Gasteiger charge is 2.39. The standard InChI is InChI=1S/C20H28N2O3/c1-14-6-4-8-17(15(14)2)20(24)22-10-5-7-16-12-21(11-9-18(16)22)19(23)13-25-3/h4,6,8,16,18H,5,7,9-13H2,1-3H3/t16-,18+/m1/s1. The molecule has 1 aromatic rings. The minimum absolute atomic E-state index is 0.0546. The lowest BCUT2D eigenvalue weighted by molar-refractivity contribution is -0.138. The fourth-order valence-corrected chi connectivity index (χ4v) is 4.23. The van der Waals surface area contributed by atoms with Crippen LogP contribution in [0.4, 0.5) is 0 Å². The summed E-state index contributed by atoms with van der Waals surface area (Å²) < 4.78 is 4.98. The Kier molecular flexibility index (Phi) is 5.42. The third kappa shape index (κ3) is 3.56. The quantitative estimate of drug-likeness (QED) is 0.846. The first-order valence-electron chi connectivity index (χ1n) is 9.16. The van der Waals surface area contributed by atoms with Crippen LogP contribution in [0.25, 0.3) is 0 Å². The number of hydrogen-bond donors (Lipinski definition) is 0. The van der Waals surface area contributed by atoms with Gasteiger partial charge in [-0.05, 0) is 56.2 Å². The molecular weight excluding hydrogens is 316 g/mol. The van der Waals surface area contributed by atoms with Gasteiger partial charge in [-0.2, -0.15) is 0 Å². The molecule has 0 aliphatic carbocycles. The predicted molar refractivity (Wildman–Crippen MR) is 96.5 cm³/mol. The summed E-state index contributed by atoms with van der Waals surface area (Å²) in [5.74, 6) is 0.573. The van der Waals surface area contributed by atoms with Crippen LogP contribution in [0.3, 0.4) is 0 Å². The largest absolute Gasteiger partial charge is 0.375 e. The average molecular weight is 344 g/mol. The number of amides is 2. The third-order valence-electron chi connectivity index (χ3n) is 5.78. The highest BCUT2D eigenvalue weighted by atomic mass is 16.5. The molecule has 0 saturated carbocycles. The average Bonchev–Trinajstić information content (AvgIpc) is 2.62. The monoisotopic (exact) mass is 344 g/mol. The third-order valence-corrected chi connectivity index (χ3v) is 5.78. The number of carbonyl (C=O) groups excluding carboxylic acids is 2. The number of likely N-dealkylation sites (tertiary alicyclic amines) is 2. The van der Waals surface area contributed by atoms with E-state index >= 15 is 0 Å². The van der Waals surface area contributed by atoms with Crippen molar-refractivity contribution < 1.29 is 14.3 Å². The molecule has 2 atom stereocenters. The van der Waals surface area contributed by atoms with Crippen LogP contribution in [0.1, 0.15) is 40.7 Å². The number of rotatable bonds is 3. The van der Waals surface area contributed by atoms with E-state index in [1.807, 2.05) is 36.9 Å². The molecular formula is C20H28N2O3. The van der Waals surface area contributed by atoms with Gasteiger partial charge in [0.1, 0.15) is 6.61 Å². The zero-order valence-corrected chi connectivity index (χ0v) is 15.5. The lowest BCUT2D eigenvalue weighted by Crippen LogP contribution is -2.57. The summed E-state index contributed by atoms with van der Waals surface area (Å²) in [6.07, 6.45) is 2.94. The molecule has 2 heterocycles. The number of nitrogens with zero attached hydrogens (tertiary/aromatic N) is 2. The molecule has 1 aromatic carbocycles. The molecule has 2 saturated heterocycles. The topological polar surface area (TPSA) is 49.9 Å². The van der Waals surface area contributed by atoms with Crippen LogP contribution < -0.4 is 0 Å². The Morgan fingerprint density at radius 3 is 2.76 bits per heavy atom.